The van der Waals surface area contributed by atoms with E-state index in [1.807, 2.05) is 26.0 Å². The minimum atomic E-state index is -0.341. The van der Waals surface area contributed by atoms with Crippen LogP contribution in [-0.4, -0.2) is 30.3 Å². The fourth-order valence-electron chi connectivity index (χ4n) is 2.00. The summed E-state index contributed by atoms with van der Waals surface area (Å²) in [6, 6.07) is 5.53. The molecule has 1 aromatic carbocycles. The maximum Gasteiger partial charge on any atom is 0.307 e. The van der Waals surface area contributed by atoms with E-state index in [0.717, 1.165) is 11.1 Å². The third-order valence-electron chi connectivity index (χ3n) is 3.43. The zero-order chi connectivity index (χ0) is 17.4. The smallest absolute Gasteiger partial charge is 0.307 e. The first-order valence-corrected chi connectivity index (χ1v) is 7.86. The molecule has 0 bridgehead atoms. The highest BCUT2D eigenvalue weighted by atomic mass is 16.5. The van der Waals surface area contributed by atoms with Gasteiger partial charge in [-0.1, -0.05) is 12.1 Å². The Balaban J connectivity index is 2.31. The first-order valence-electron chi connectivity index (χ1n) is 7.86. The SMILES string of the molecule is Cc1ccc(C(=O)CCC(=O)NCCC(=O)OC(C)C)cc1C. The Kier molecular flexibility index (Phi) is 7.45. The van der Waals surface area contributed by atoms with E-state index < -0.39 is 0 Å². The van der Waals surface area contributed by atoms with Crippen LogP contribution < -0.4 is 5.32 Å². The van der Waals surface area contributed by atoms with Crippen molar-refractivity contribution in [1.82, 2.24) is 5.32 Å². The standard InChI is InChI=1S/C18H25NO4/c1-12(2)23-18(22)9-10-19-17(21)8-7-16(20)15-6-5-13(3)14(4)11-15/h5-6,11-12H,7-10H2,1-4H3,(H,19,21). The Labute approximate surface area is 137 Å². The van der Waals surface area contributed by atoms with Crippen molar-refractivity contribution >= 4 is 17.7 Å². The Morgan fingerprint density at radius 3 is 2.35 bits per heavy atom. The zero-order valence-corrected chi connectivity index (χ0v) is 14.3. The highest BCUT2D eigenvalue weighted by Crippen LogP contribution is 2.12. The molecule has 23 heavy (non-hydrogen) atoms. The molecule has 0 saturated carbocycles. The Bertz CT molecular complexity index is 578. The van der Waals surface area contributed by atoms with Gasteiger partial charge in [-0.2, -0.15) is 0 Å². The molecule has 0 atom stereocenters. The largest absolute Gasteiger partial charge is 0.463 e. The molecule has 0 fully saturated rings. The maximum atomic E-state index is 12.1. The number of nitrogens with one attached hydrogen (secondary N) is 1. The van der Waals surface area contributed by atoms with Crippen molar-refractivity contribution in [3.05, 3.63) is 34.9 Å². The predicted octanol–water partition coefficient (Wildman–Crippen LogP) is 2.72. The fourth-order valence-corrected chi connectivity index (χ4v) is 2.00. The number of carbonyl (C=O) groups excluding carboxylic acids is 3. The number of Topliss-reactive ketones (excluding diaryl/α,β-unsaturated/α-hetero) is 1. The van der Waals surface area contributed by atoms with E-state index in [-0.39, 0.29) is 49.6 Å². The van der Waals surface area contributed by atoms with Gasteiger partial charge in [0.05, 0.1) is 12.5 Å². The molecule has 0 aliphatic rings. The van der Waals surface area contributed by atoms with Crippen LogP contribution >= 0.6 is 0 Å². The molecule has 0 unspecified atom stereocenters. The number of amides is 1. The average molecular weight is 319 g/mol. The minimum absolute atomic E-state index is 0.0533. The third kappa shape index (κ3) is 7.08. The van der Waals surface area contributed by atoms with Crippen molar-refractivity contribution in [2.75, 3.05) is 6.54 Å². The Morgan fingerprint density at radius 1 is 1.04 bits per heavy atom. The van der Waals surface area contributed by atoms with Gasteiger partial charge in [0.25, 0.3) is 0 Å². The summed E-state index contributed by atoms with van der Waals surface area (Å²) in [7, 11) is 0. The van der Waals surface area contributed by atoms with Crippen LogP contribution in [0, 0.1) is 13.8 Å². The summed E-state index contributed by atoms with van der Waals surface area (Å²) < 4.78 is 4.96. The molecule has 0 aliphatic carbocycles. The van der Waals surface area contributed by atoms with Gasteiger partial charge in [-0.05, 0) is 44.9 Å². The molecule has 1 amide bonds. The van der Waals surface area contributed by atoms with Gasteiger partial charge < -0.3 is 10.1 Å². The molecule has 126 valence electrons. The first-order chi connectivity index (χ1) is 10.8. The van der Waals surface area contributed by atoms with Crippen LogP contribution in [0.5, 0.6) is 0 Å². The van der Waals surface area contributed by atoms with Crippen LogP contribution in [0.1, 0.15) is 54.6 Å². The van der Waals surface area contributed by atoms with E-state index in [4.69, 9.17) is 4.74 Å². The van der Waals surface area contributed by atoms with E-state index >= 15 is 0 Å². The summed E-state index contributed by atoms with van der Waals surface area (Å²) in [6.07, 6.45) is 0.249. The number of ether oxygens (including phenoxy) is 1. The number of hydrogen-bond donors (Lipinski definition) is 1. The van der Waals surface area contributed by atoms with Crippen molar-refractivity contribution < 1.29 is 19.1 Å². The van der Waals surface area contributed by atoms with Crippen LogP contribution in [0.3, 0.4) is 0 Å². The molecule has 0 radical (unpaired) electrons. The normalized spacial score (nSPS) is 10.5. The number of aryl methyl sites for hydroxylation is 2. The molecule has 0 aliphatic heterocycles. The van der Waals surface area contributed by atoms with Gasteiger partial charge in [0, 0.05) is 24.9 Å². The van der Waals surface area contributed by atoms with E-state index in [2.05, 4.69) is 5.32 Å². The molecular formula is C18H25NO4. The van der Waals surface area contributed by atoms with Gasteiger partial charge in [-0.3, -0.25) is 14.4 Å². The second kappa shape index (κ2) is 9.08. The van der Waals surface area contributed by atoms with E-state index in [1.165, 1.54) is 0 Å². The number of carbonyl (C=O) groups is 3. The molecule has 0 spiro atoms. The highest BCUT2D eigenvalue weighted by molar-refractivity contribution is 5.98. The van der Waals surface area contributed by atoms with Crippen molar-refractivity contribution in [2.24, 2.45) is 0 Å². The number of ketones is 1. The molecule has 0 saturated heterocycles. The van der Waals surface area contributed by atoms with Gasteiger partial charge in [0.2, 0.25) is 5.91 Å². The lowest BCUT2D eigenvalue weighted by molar-refractivity contribution is -0.147. The van der Waals surface area contributed by atoms with Crippen molar-refractivity contribution in [3.63, 3.8) is 0 Å². The summed E-state index contributed by atoms with van der Waals surface area (Å²) in [5.74, 6) is -0.631. The number of benzene rings is 1. The molecule has 1 aromatic rings. The summed E-state index contributed by atoms with van der Waals surface area (Å²) >= 11 is 0. The van der Waals surface area contributed by atoms with Crippen molar-refractivity contribution in [1.29, 1.82) is 0 Å². The Morgan fingerprint density at radius 2 is 1.74 bits per heavy atom. The van der Waals surface area contributed by atoms with Gasteiger partial charge >= 0.3 is 5.97 Å². The van der Waals surface area contributed by atoms with Gasteiger partial charge in [0.1, 0.15) is 0 Å². The molecule has 5 heteroatoms. The third-order valence-corrected chi connectivity index (χ3v) is 3.43. The van der Waals surface area contributed by atoms with Crippen LogP contribution in [0.4, 0.5) is 0 Å². The van der Waals surface area contributed by atoms with Crippen molar-refractivity contribution in [2.45, 2.75) is 53.1 Å². The quantitative estimate of drug-likeness (QED) is 0.591. The molecule has 0 heterocycles. The fraction of sp³-hybridized carbons (Fsp3) is 0.500. The van der Waals surface area contributed by atoms with Gasteiger partial charge in [-0.15, -0.1) is 0 Å². The van der Waals surface area contributed by atoms with E-state index in [0.29, 0.717) is 5.56 Å². The maximum absolute atomic E-state index is 12.1. The second-order valence-electron chi connectivity index (χ2n) is 5.86. The average Bonchev–Trinajstić information content (AvgIpc) is 2.46. The lowest BCUT2D eigenvalue weighted by atomic mass is 10.0. The van der Waals surface area contributed by atoms with E-state index in [1.54, 1.807) is 19.9 Å². The molecule has 0 aromatic heterocycles. The lowest BCUT2D eigenvalue weighted by Crippen LogP contribution is -2.27. The van der Waals surface area contributed by atoms with Gasteiger partial charge in [-0.25, -0.2) is 0 Å². The molecule has 5 nitrogen and oxygen atoms in total. The highest BCUT2D eigenvalue weighted by Gasteiger charge is 2.11. The second-order valence-corrected chi connectivity index (χ2v) is 5.86. The molecule has 1 N–H and O–H groups in total. The monoisotopic (exact) mass is 319 g/mol. The predicted molar refractivity (Wildman–Crippen MR) is 88.3 cm³/mol. The van der Waals surface area contributed by atoms with Crippen molar-refractivity contribution in [3.8, 4) is 0 Å². The van der Waals surface area contributed by atoms with Crippen LogP contribution in [0.2, 0.25) is 0 Å². The molecule has 1 rings (SSSR count). The molecular weight excluding hydrogens is 294 g/mol. The number of rotatable bonds is 8. The summed E-state index contributed by atoms with van der Waals surface area (Å²) in [5.41, 5.74) is 2.82. The van der Waals surface area contributed by atoms with Crippen LogP contribution in [0.25, 0.3) is 0 Å². The van der Waals surface area contributed by atoms with Gasteiger partial charge in [0.15, 0.2) is 5.78 Å². The first kappa shape index (κ1) is 18.9. The van der Waals surface area contributed by atoms with E-state index in [9.17, 15) is 14.4 Å². The van der Waals surface area contributed by atoms with Crippen LogP contribution in [-0.2, 0) is 14.3 Å². The summed E-state index contributed by atoms with van der Waals surface area (Å²) in [4.78, 5) is 35.1. The van der Waals surface area contributed by atoms with Crippen LogP contribution in [0.15, 0.2) is 18.2 Å². The number of hydrogen-bond acceptors (Lipinski definition) is 4. The zero-order valence-electron chi connectivity index (χ0n) is 14.3. The Hall–Kier alpha value is -2.17. The number of esters is 1. The minimum Gasteiger partial charge on any atom is -0.463 e. The summed E-state index contributed by atoms with van der Waals surface area (Å²) in [6.45, 7) is 7.71. The topological polar surface area (TPSA) is 72.5 Å². The summed E-state index contributed by atoms with van der Waals surface area (Å²) in [5, 5.41) is 2.62. The lowest BCUT2D eigenvalue weighted by Gasteiger charge is -2.08.